The molecule has 0 spiro atoms. The summed E-state index contributed by atoms with van der Waals surface area (Å²) < 4.78 is 19.5. The van der Waals surface area contributed by atoms with E-state index in [2.05, 4.69) is 0 Å². The number of ether oxygens (including phenoxy) is 1. The summed E-state index contributed by atoms with van der Waals surface area (Å²) >= 11 is 0. The molecule has 3 rings (SSSR count). The van der Waals surface area contributed by atoms with Crippen LogP contribution in [0.4, 0.5) is 4.39 Å². The maximum absolute atomic E-state index is 13.7. The van der Waals surface area contributed by atoms with Crippen LogP contribution in [0.15, 0.2) is 24.3 Å². The lowest BCUT2D eigenvalue weighted by Crippen LogP contribution is -2.54. The lowest BCUT2D eigenvalue weighted by molar-refractivity contribution is -0.0753. The number of nitrogens with zero attached hydrogens (tertiary/aromatic N) is 1. The molecule has 1 aliphatic heterocycles. The average molecular weight is 263 g/mol. The van der Waals surface area contributed by atoms with Gasteiger partial charge in [0.15, 0.2) is 0 Å². The molecule has 0 unspecified atom stereocenters. The molecule has 102 valence electrons. The zero-order valence-corrected chi connectivity index (χ0v) is 10.8. The molecule has 1 amide bonds. The third-order valence-corrected chi connectivity index (χ3v) is 4.10. The van der Waals surface area contributed by atoms with Crippen molar-refractivity contribution in [1.82, 2.24) is 4.90 Å². The van der Waals surface area contributed by atoms with Gasteiger partial charge >= 0.3 is 0 Å². The molecule has 1 aromatic carbocycles. The van der Waals surface area contributed by atoms with Crippen LogP contribution in [0.5, 0.6) is 0 Å². The molecule has 0 N–H and O–H groups in total. The maximum atomic E-state index is 13.7. The summed E-state index contributed by atoms with van der Waals surface area (Å²) in [5.41, 5.74) is 0.175. The Bertz CT molecular complexity index is 475. The van der Waals surface area contributed by atoms with E-state index in [0.717, 1.165) is 25.7 Å². The lowest BCUT2D eigenvalue weighted by Gasteiger charge is -2.43. The fourth-order valence-corrected chi connectivity index (χ4v) is 3.14. The van der Waals surface area contributed by atoms with Gasteiger partial charge in [-0.1, -0.05) is 25.0 Å². The lowest BCUT2D eigenvalue weighted by atomic mass is 9.89. The van der Waals surface area contributed by atoms with Crippen molar-refractivity contribution in [2.75, 3.05) is 13.2 Å². The molecule has 19 heavy (non-hydrogen) atoms. The summed E-state index contributed by atoms with van der Waals surface area (Å²) in [6, 6.07) is 6.33. The Morgan fingerprint density at radius 2 is 2.05 bits per heavy atom. The molecule has 1 saturated carbocycles. The second kappa shape index (κ2) is 5.29. The number of morpholine rings is 1. The smallest absolute Gasteiger partial charge is 0.257 e. The Labute approximate surface area is 112 Å². The summed E-state index contributed by atoms with van der Waals surface area (Å²) in [7, 11) is 0. The van der Waals surface area contributed by atoms with Gasteiger partial charge in [-0.3, -0.25) is 4.79 Å². The average Bonchev–Trinajstić information content (AvgIpc) is 2.46. The Hall–Kier alpha value is -1.42. The van der Waals surface area contributed by atoms with Crippen molar-refractivity contribution in [2.45, 2.75) is 37.8 Å². The minimum absolute atomic E-state index is 0.120. The van der Waals surface area contributed by atoms with E-state index in [1.807, 2.05) is 4.90 Å². The number of halogens is 1. The van der Waals surface area contributed by atoms with Gasteiger partial charge in [-0.25, -0.2) is 4.39 Å². The van der Waals surface area contributed by atoms with Crippen molar-refractivity contribution in [2.24, 2.45) is 0 Å². The van der Waals surface area contributed by atoms with Gasteiger partial charge in [0.1, 0.15) is 5.82 Å². The number of hydrogen-bond acceptors (Lipinski definition) is 2. The molecule has 2 aliphatic rings. The van der Waals surface area contributed by atoms with Gasteiger partial charge in [-0.15, -0.1) is 0 Å². The van der Waals surface area contributed by atoms with E-state index < -0.39 is 5.82 Å². The highest BCUT2D eigenvalue weighted by Gasteiger charge is 2.37. The van der Waals surface area contributed by atoms with Crippen molar-refractivity contribution in [3.05, 3.63) is 35.6 Å². The second-order valence-electron chi connectivity index (χ2n) is 5.24. The number of carbonyl (C=O) groups excluding carboxylic acids is 1. The number of fused-ring (bicyclic) bond motifs is 1. The van der Waals surface area contributed by atoms with Gasteiger partial charge in [0.05, 0.1) is 24.3 Å². The number of rotatable bonds is 1. The van der Waals surface area contributed by atoms with E-state index in [4.69, 9.17) is 4.74 Å². The minimum Gasteiger partial charge on any atom is -0.374 e. The monoisotopic (exact) mass is 263 g/mol. The molecule has 2 atom stereocenters. The van der Waals surface area contributed by atoms with Gasteiger partial charge in [0.2, 0.25) is 0 Å². The van der Waals surface area contributed by atoms with Crippen LogP contribution in [-0.4, -0.2) is 36.1 Å². The van der Waals surface area contributed by atoms with Crippen molar-refractivity contribution < 1.29 is 13.9 Å². The fourth-order valence-electron chi connectivity index (χ4n) is 3.14. The zero-order chi connectivity index (χ0) is 13.2. The standard InChI is InChI=1S/C15H18FNO2/c16-12-6-2-1-5-11(12)15(18)17-9-10-19-14-8-4-3-7-13(14)17/h1-2,5-6,13-14H,3-4,7-10H2/t13-,14+/m0/s1. The predicted octanol–water partition coefficient (Wildman–Crippen LogP) is 2.61. The van der Waals surface area contributed by atoms with Gasteiger partial charge < -0.3 is 9.64 Å². The Balaban J connectivity index is 1.84. The molecule has 3 nitrogen and oxygen atoms in total. The van der Waals surface area contributed by atoms with Gasteiger partial charge in [-0.05, 0) is 25.0 Å². The molecule has 1 aliphatic carbocycles. The zero-order valence-electron chi connectivity index (χ0n) is 10.8. The number of benzene rings is 1. The summed E-state index contributed by atoms with van der Waals surface area (Å²) in [4.78, 5) is 14.3. The largest absolute Gasteiger partial charge is 0.374 e. The normalized spacial score (nSPS) is 26.9. The fraction of sp³-hybridized carbons (Fsp3) is 0.533. The van der Waals surface area contributed by atoms with E-state index >= 15 is 0 Å². The predicted molar refractivity (Wildman–Crippen MR) is 69.4 cm³/mol. The van der Waals surface area contributed by atoms with Crippen LogP contribution in [0, 0.1) is 5.82 Å². The highest BCUT2D eigenvalue weighted by molar-refractivity contribution is 5.94. The van der Waals surface area contributed by atoms with Crippen LogP contribution >= 0.6 is 0 Å². The molecule has 1 aromatic rings. The van der Waals surface area contributed by atoms with Crippen molar-refractivity contribution >= 4 is 5.91 Å². The molecule has 0 bridgehead atoms. The SMILES string of the molecule is O=C(c1ccccc1F)N1CCO[C@@H]2CCCC[C@@H]21. The first kappa shape index (κ1) is 12.6. The van der Waals surface area contributed by atoms with E-state index in [-0.39, 0.29) is 23.6 Å². The molecule has 0 aromatic heterocycles. The van der Waals surface area contributed by atoms with Crippen LogP contribution < -0.4 is 0 Å². The van der Waals surface area contributed by atoms with Crippen LogP contribution in [0.2, 0.25) is 0 Å². The number of hydrogen-bond donors (Lipinski definition) is 0. The first-order chi connectivity index (χ1) is 9.27. The third kappa shape index (κ3) is 2.37. The van der Waals surface area contributed by atoms with Crippen LogP contribution in [0.1, 0.15) is 36.0 Å². The quantitative estimate of drug-likeness (QED) is 0.779. The first-order valence-corrected chi connectivity index (χ1v) is 6.94. The summed E-state index contributed by atoms with van der Waals surface area (Å²) in [6.07, 6.45) is 4.38. The van der Waals surface area contributed by atoms with Crippen LogP contribution in [0.25, 0.3) is 0 Å². The van der Waals surface area contributed by atoms with E-state index in [0.29, 0.717) is 13.2 Å². The highest BCUT2D eigenvalue weighted by Crippen LogP contribution is 2.29. The molecule has 0 radical (unpaired) electrons. The summed E-state index contributed by atoms with van der Waals surface area (Å²) in [5, 5.41) is 0. The first-order valence-electron chi connectivity index (χ1n) is 6.94. The molecular formula is C15H18FNO2. The Morgan fingerprint density at radius 1 is 1.26 bits per heavy atom. The molecular weight excluding hydrogens is 245 g/mol. The van der Waals surface area contributed by atoms with Gasteiger partial charge in [0, 0.05) is 6.54 Å². The third-order valence-electron chi connectivity index (χ3n) is 4.10. The van der Waals surface area contributed by atoms with Crippen molar-refractivity contribution in [1.29, 1.82) is 0 Å². The number of amides is 1. The van der Waals surface area contributed by atoms with Crippen LogP contribution in [-0.2, 0) is 4.74 Å². The molecule has 2 fully saturated rings. The van der Waals surface area contributed by atoms with E-state index in [1.165, 1.54) is 6.07 Å². The summed E-state index contributed by atoms with van der Waals surface area (Å²) in [6.45, 7) is 1.12. The summed E-state index contributed by atoms with van der Waals surface area (Å²) in [5.74, 6) is -0.635. The molecule has 1 saturated heterocycles. The van der Waals surface area contributed by atoms with Gasteiger partial charge in [0.25, 0.3) is 5.91 Å². The maximum Gasteiger partial charge on any atom is 0.257 e. The molecule has 1 heterocycles. The topological polar surface area (TPSA) is 29.5 Å². The highest BCUT2D eigenvalue weighted by atomic mass is 19.1. The Kier molecular flexibility index (Phi) is 3.51. The molecule has 4 heteroatoms. The van der Waals surface area contributed by atoms with E-state index in [9.17, 15) is 9.18 Å². The van der Waals surface area contributed by atoms with Crippen molar-refractivity contribution in [3.8, 4) is 0 Å². The van der Waals surface area contributed by atoms with Gasteiger partial charge in [-0.2, -0.15) is 0 Å². The second-order valence-corrected chi connectivity index (χ2v) is 5.24. The van der Waals surface area contributed by atoms with Crippen molar-refractivity contribution in [3.63, 3.8) is 0 Å². The Morgan fingerprint density at radius 3 is 2.89 bits per heavy atom. The van der Waals surface area contributed by atoms with Crippen LogP contribution in [0.3, 0.4) is 0 Å². The minimum atomic E-state index is -0.439. The van der Waals surface area contributed by atoms with E-state index in [1.54, 1.807) is 18.2 Å². The number of carbonyl (C=O) groups is 1.